The molecule has 140 valence electrons. The molecule has 7 heteroatoms. The number of hydrogen-bond acceptors (Lipinski definition) is 5. The summed E-state index contributed by atoms with van der Waals surface area (Å²) < 4.78 is 5.48. The third-order valence-corrected chi connectivity index (χ3v) is 3.35. The number of hydrogen-bond donors (Lipinski definition) is 2. The predicted octanol–water partition coefficient (Wildman–Crippen LogP) is 2.57. The normalized spacial score (nSPS) is 11.2. The Morgan fingerprint density at radius 1 is 1.28 bits per heavy atom. The molecule has 0 aromatic heterocycles. The molecule has 0 unspecified atom stereocenters. The highest BCUT2D eigenvalue weighted by molar-refractivity contribution is 6.00. The van der Waals surface area contributed by atoms with Crippen molar-refractivity contribution in [3.8, 4) is 5.75 Å². The Hall–Kier alpha value is -2.54. The van der Waals surface area contributed by atoms with Crippen molar-refractivity contribution < 1.29 is 4.74 Å². The van der Waals surface area contributed by atoms with Crippen LogP contribution in [0.25, 0.3) is 0 Å². The molecule has 0 heterocycles. The maximum absolute atomic E-state index is 6.21. The van der Waals surface area contributed by atoms with Crippen LogP contribution in [0.15, 0.2) is 35.3 Å². The van der Waals surface area contributed by atoms with E-state index in [1.54, 1.807) is 20.4 Å². The highest BCUT2D eigenvalue weighted by Crippen LogP contribution is 2.35. The lowest BCUT2D eigenvalue weighted by Crippen LogP contribution is -2.29. The summed E-state index contributed by atoms with van der Waals surface area (Å²) in [4.78, 5) is 12.5. The first kappa shape index (κ1) is 22.5. The molecule has 0 fully saturated rings. The number of aliphatic imine (C=N–C) groups is 2. The van der Waals surface area contributed by atoms with Crippen molar-refractivity contribution in [2.45, 2.75) is 6.92 Å². The summed E-state index contributed by atoms with van der Waals surface area (Å²) in [6.45, 7) is 9.65. The van der Waals surface area contributed by atoms with Crippen LogP contribution in [-0.4, -0.2) is 65.5 Å². The zero-order valence-electron chi connectivity index (χ0n) is 16.3. The van der Waals surface area contributed by atoms with Crippen LogP contribution >= 0.6 is 0 Å². The standard InChI is InChI=1S/C16H28N6O.C2H4/c1-7-19-16(18-2)20-13-10-12(17)14(11-15(13)23-6)22(5)9-8-21(3)4;1-2/h7,10-11H,8-9,17H2,1-6H3,(H,18,20);1-2H2/b19-7-;. The van der Waals surface area contributed by atoms with Crippen LogP contribution in [0.5, 0.6) is 5.75 Å². The van der Waals surface area contributed by atoms with Crippen LogP contribution in [0.2, 0.25) is 0 Å². The third kappa shape index (κ3) is 7.26. The van der Waals surface area contributed by atoms with Crippen LogP contribution in [-0.2, 0) is 0 Å². The molecule has 0 aliphatic carbocycles. The zero-order valence-corrected chi connectivity index (χ0v) is 16.3. The molecule has 1 aromatic rings. The summed E-state index contributed by atoms with van der Waals surface area (Å²) in [5.74, 6) is 1.19. The second-order valence-electron chi connectivity index (χ2n) is 5.40. The monoisotopic (exact) mass is 348 g/mol. The van der Waals surface area contributed by atoms with E-state index in [2.05, 4.69) is 38.3 Å². The van der Waals surface area contributed by atoms with Gasteiger partial charge in [0.15, 0.2) is 0 Å². The van der Waals surface area contributed by atoms with Gasteiger partial charge < -0.3 is 25.6 Å². The van der Waals surface area contributed by atoms with E-state index in [0.717, 1.165) is 24.5 Å². The maximum Gasteiger partial charge on any atom is 0.221 e. The van der Waals surface area contributed by atoms with Crippen molar-refractivity contribution in [3.05, 3.63) is 25.3 Å². The first-order valence-corrected chi connectivity index (χ1v) is 7.98. The van der Waals surface area contributed by atoms with E-state index >= 15 is 0 Å². The number of likely N-dealkylation sites (N-methyl/N-ethyl adjacent to an activating group) is 2. The van der Waals surface area contributed by atoms with Crippen LogP contribution in [0.3, 0.4) is 0 Å². The fraction of sp³-hybridized carbons (Fsp3) is 0.444. The molecule has 0 spiro atoms. The second kappa shape index (κ2) is 11.9. The molecule has 0 aliphatic rings. The molecule has 3 N–H and O–H groups in total. The molecule has 0 amide bonds. The van der Waals surface area contributed by atoms with Crippen molar-refractivity contribution in [2.75, 3.05) is 64.3 Å². The van der Waals surface area contributed by atoms with Gasteiger partial charge in [-0.05, 0) is 27.1 Å². The van der Waals surface area contributed by atoms with Crippen LogP contribution in [0, 0.1) is 0 Å². The predicted molar refractivity (Wildman–Crippen MR) is 112 cm³/mol. The van der Waals surface area contributed by atoms with Gasteiger partial charge in [0, 0.05) is 39.5 Å². The van der Waals surface area contributed by atoms with Crippen molar-refractivity contribution in [2.24, 2.45) is 9.98 Å². The quantitative estimate of drug-likeness (QED) is 0.357. The number of guanidine groups is 1. The molecule has 0 atom stereocenters. The fourth-order valence-electron chi connectivity index (χ4n) is 2.04. The summed E-state index contributed by atoms with van der Waals surface area (Å²) in [7, 11) is 9.41. The lowest BCUT2D eigenvalue weighted by molar-refractivity contribution is 0.413. The van der Waals surface area contributed by atoms with Gasteiger partial charge in [0.25, 0.3) is 0 Å². The number of ether oxygens (including phenoxy) is 1. The Balaban J connectivity index is 0.00000277. The number of nitrogens with two attached hydrogens (primary N) is 1. The largest absolute Gasteiger partial charge is 0.494 e. The van der Waals surface area contributed by atoms with Gasteiger partial charge in [-0.2, -0.15) is 0 Å². The van der Waals surface area contributed by atoms with E-state index in [1.165, 1.54) is 0 Å². The van der Waals surface area contributed by atoms with Crippen molar-refractivity contribution in [3.63, 3.8) is 0 Å². The van der Waals surface area contributed by atoms with Gasteiger partial charge in [-0.25, -0.2) is 4.99 Å². The number of nitrogens with one attached hydrogen (secondary N) is 1. The summed E-state index contributed by atoms with van der Waals surface area (Å²) in [5.41, 5.74) is 8.56. The Labute approximate surface area is 151 Å². The first-order chi connectivity index (χ1) is 11.9. The van der Waals surface area contributed by atoms with E-state index in [9.17, 15) is 0 Å². The minimum Gasteiger partial charge on any atom is -0.494 e. The fourth-order valence-corrected chi connectivity index (χ4v) is 2.04. The Morgan fingerprint density at radius 3 is 2.40 bits per heavy atom. The molecule has 0 saturated heterocycles. The van der Waals surface area contributed by atoms with E-state index < -0.39 is 0 Å². The molecular formula is C18H32N6O. The molecule has 0 bridgehead atoms. The lowest BCUT2D eigenvalue weighted by atomic mass is 10.2. The maximum atomic E-state index is 6.21. The lowest BCUT2D eigenvalue weighted by Gasteiger charge is -2.24. The highest BCUT2D eigenvalue weighted by Gasteiger charge is 2.13. The molecule has 0 aliphatic heterocycles. The number of nitrogen functional groups attached to an aromatic ring is 1. The van der Waals surface area contributed by atoms with E-state index in [1.807, 2.05) is 40.2 Å². The van der Waals surface area contributed by atoms with Crippen LogP contribution in [0.1, 0.15) is 6.92 Å². The molecule has 7 nitrogen and oxygen atoms in total. The molecular weight excluding hydrogens is 316 g/mol. The summed E-state index contributed by atoms with van der Waals surface area (Å²) in [6, 6.07) is 3.77. The number of benzene rings is 1. The molecule has 25 heavy (non-hydrogen) atoms. The molecule has 1 rings (SSSR count). The highest BCUT2D eigenvalue weighted by atomic mass is 16.5. The van der Waals surface area contributed by atoms with Gasteiger partial charge in [-0.3, -0.25) is 4.99 Å². The summed E-state index contributed by atoms with van der Waals surface area (Å²) in [6.07, 6.45) is 1.68. The second-order valence-corrected chi connectivity index (χ2v) is 5.40. The van der Waals surface area contributed by atoms with Crippen molar-refractivity contribution >= 4 is 29.2 Å². The zero-order chi connectivity index (χ0) is 19.4. The van der Waals surface area contributed by atoms with Gasteiger partial charge in [0.2, 0.25) is 5.96 Å². The van der Waals surface area contributed by atoms with Gasteiger partial charge >= 0.3 is 0 Å². The van der Waals surface area contributed by atoms with Crippen LogP contribution in [0.4, 0.5) is 17.1 Å². The minimum absolute atomic E-state index is 0.499. The Kier molecular flexibility index (Phi) is 10.7. The van der Waals surface area contributed by atoms with E-state index in [0.29, 0.717) is 17.4 Å². The summed E-state index contributed by atoms with van der Waals surface area (Å²) in [5, 5.41) is 3.13. The first-order valence-electron chi connectivity index (χ1n) is 7.98. The molecule has 0 saturated carbocycles. The van der Waals surface area contributed by atoms with Gasteiger partial charge in [-0.1, -0.05) is 0 Å². The topological polar surface area (TPSA) is 78.5 Å². The average Bonchev–Trinajstić information content (AvgIpc) is 2.61. The number of nitrogens with zero attached hydrogens (tertiary/aromatic N) is 4. The van der Waals surface area contributed by atoms with Gasteiger partial charge in [-0.15, -0.1) is 13.2 Å². The van der Waals surface area contributed by atoms with Crippen molar-refractivity contribution in [1.29, 1.82) is 0 Å². The van der Waals surface area contributed by atoms with Crippen molar-refractivity contribution in [1.82, 2.24) is 4.90 Å². The number of rotatable bonds is 6. The smallest absolute Gasteiger partial charge is 0.221 e. The number of anilines is 3. The molecule has 0 radical (unpaired) electrons. The SMILES string of the molecule is C/C=N\C(=NC)Nc1cc(N)c(N(C)CCN(C)C)cc1OC.C=C. The Bertz CT molecular complexity index is 583. The average molecular weight is 348 g/mol. The third-order valence-electron chi connectivity index (χ3n) is 3.35. The van der Waals surface area contributed by atoms with E-state index in [4.69, 9.17) is 10.5 Å². The Morgan fingerprint density at radius 2 is 1.92 bits per heavy atom. The minimum atomic E-state index is 0.499. The molecule has 1 aromatic carbocycles. The van der Waals surface area contributed by atoms with Gasteiger partial charge in [0.05, 0.1) is 24.2 Å². The van der Waals surface area contributed by atoms with E-state index in [-0.39, 0.29) is 0 Å². The van der Waals surface area contributed by atoms with Gasteiger partial charge in [0.1, 0.15) is 5.75 Å². The summed E-state index contributed by atoms with van der Waals surface area (Å²) >= 11 is 0. The number of methoxy groups -OCH3 is 1. The van der Waals surface area contributed by atoms with Crippen LogP contribution < -0.4 is 20.7 Å².